The Balaban J connectivity index is 2.27. The SMILES string of the molecule is CC1Cc2ccccc2-c2sc(NC(N)=O)c(C(N)=O)c21. The summed E-state index contributed by atoms with van der Waals surface area (Å²) < 4.78 is 0. The number of carbonyl (C=O) groups excluding carboxylic acids is 2. The predicted molar refractivity (Wildman–Crippen MR) is 83.6 cm³/mol. The Hall–Kier alpha value is -2.34. The molecular weight excluding hydrogens is 286 g/mol. The molecule has 108 valence electrons. The van der Waals surface area contributed by atoms with Crippen molar-refractivity contribution in [3.8, 4) is 10.4 Å². The maximum atomic E-state index is 11.8. The summed E-state index contributed by atoms with van der Waals surface area (Å²) in [6.45, 7) is 2.06. The molecule has 3 rings (SSSR count). The van der Waals surface area contributed by atoms with Crippen LogP contribution in [-0.4, -0.2) is 11.9 Å². The third kappa shape index (κ3) is 2.17. The Kier molecular flexibility index (Phi) is 3.17. The van der Waals surface area contributed by atoms with E-state index in [1.54, 1.807) is 0 Å². The number of carbonyl (C=O) groups is 2. The minimum Gasteiger partial charge on any atom is -0.365 e. The smallest absolute Gasteiger partial charge is 0.317 e. The van der Waals surface area contributed by atoms with Crippen molar-refractivity contribution < 1.29 is 9.59 Å². The van der Waals surface area contributed by atoms with E-state index < -0.39 is 11.9 Å². The summed E-state index contributed by atoms with van der Waals surface area (Å²) in [5, 5.41) is 2.95. The molecule has 0 radical (unpaired) electrons. The second kappa shape index (κ2) is 4.89. The summed E-state index contributed by atoms with van der Waals surface area (Å²) in [6, 6.07) is 7.37. The first-order valence-corrected chi connectivity index (χ1v) is 7.42. The lowest BCUT2D eigenvalue weighted by molar-refractivity contribution is 0.1000. The minimum absolute atomic E-state index is 0.164. The standard InChI is InChI=1S/C15H15N3O2S/c1-7-6-8-4-2-3-5-9(8)12-10(7)11(13(16)19)14(21-12)18-15(17)20/h2-5,7H,6H2,1H3,(H2,16,19)(H3,17,18,20). The highest BCUT2D eigenvalue weighted by Crippen LogP contribution is 2.48. The van der Waals surface area contributed by atoms with Gasteiger partial charge >= 0.3 is 6.03 Å². The Morgan fingerprint density at radius 3 is 2.67 bits per heavy atom. The fraction of sp³-hybridized carbons (Fsp3) is 0.200. The quantitative estimate of drug-likeness (QED) is 0.794. The van der Waals surface area contributed by atoms with Gasteiger partial charge in [0.15, 0.2) is 0 Å². The van der Waals surface area contributed by atoms with Crippen molar-refractivity contribution in [2.24, 2.45) is 11.5 Å². The van der Waals surface area contributed by atoms with Gasteiger partial charge in [0.2, 0.25) is 0 Å². The molecule has 1 heterocycles. The summed E-state index contributed by atoms with van der Waals surface area (Å²) in [5.41, 5.74) is 14.3. The van der Waals surface area contributed by atoms with Gasteiger partial charge in [0.25, 0.3) is 5.91 Å². The molecule has 5 nitrogen and oxygen atoms in total. The van der Waals surface area contributed by atoms with Gasteiger partial charge in [0, 0.05) is 4.88 Å². The first-order valence-electron chi connectivity index (χ1n) is 6.60. The third-order valence-electron chi connectivity index (χ3n) is 3.71. The highest BCUT2D eigenvalue weighted by Gasteiger charge is 2.31. The number of urea groups is 1. The van der Waals surface area contributed by atoms with Crippen LogP contribution in [0, 0.1) is 0 Å². The molecule has 5 N–H and O–H groups in total. The van der Waals surface area contributed by atoms with Crippen LogP contribution in [0.4, 0.5) is 9.80 Å². The summed E-state index contributed by atoms with van der Waals surface area (Å²) in [4.78, 5) is 24.0. The third-order valence-corrected chi connectivity index (χ3v) is 4.86. The van der Waals surface area contributed by atoms with E-state index in [9.17, 15) is 9.59 Å². The number of nitrogens with one attached hydrogen (secondary N) is 1. The Morgan fingerprint density at radius 2 is 2.00 bits per heavy atom. The van der Waals surface area contributed by atoms with Crippen molar-refractivity contribution in [1.29, 1.82) is 0 Å². The largest absolute Gasteiger partial charge is 0.365 e. The highest BCUT2D eigenvalue weighted by atomic mass is 32.1. The fourth-order valence-corrected chi connectivity index (χ4v) is 4.30. The number of anilines is 1. The van der Waals surface area contributed by atoms with Gasteiger partial charge < -0.3 is 11.5 Å². The second-order valence-corrected chi connectivity index (χ2v) is 6.19. The van der Waals surface area contributed by atoms with Crippen LogP contribution in [0.3, 0.4) is 0 Å². The molecule has 0 bridgehead atoms. The maximum Gasteiger partial charge on any atom is 0.317 e. The van der Waals surface area contributed by atoms with Crippen LogP contribution in [0.15, 0.2) is 24.3 Å². The Bertz CT molecular complexity index is 751. The lowest BCUT2D eigenvalue weighted by Crippen LogP contribution is -2.22. The monoisotopic (exact) mass is 301 g/mol. The van der Waals surface area contributed by atoms with E-state index in [0.717, 1.165) is 22.4 Å². The summed E-state index contributed by atoms with van der Waals surface area (Å²) in [5.74, 6) is -0.375. The summed E-state index contributed by atoms with van der Waals surface area (Å²) in [7, 11) is 0. The Morgan fingerprint density at radius 1 is 1.29 bits per heavy atom. The minimum atomic E-state index is -0.697. The van der Waals surface area contributed by atoms with E-state index in [2.05, 4.69) is 18.3 Å². The summed E-state index contributed by atoms with van der Waals surface area (Å²) >= 11 is 1.35. The molecule has 1 unspecified atom stereocenters. The fourth-order valence-electron chi connectivity index (χ4n) is 2.91. The van der Waals surface area contributed by atoms with Gasteiger partial charge in [-0.1, -0.05) is 31.2 Å². The molecule has 0 saturated carbocycles. The first kappa shape index (κ1) is 13.6. The van der Waals surface area contributed by atoms with Crippen molar-refractivity contribution in [3.05, 3.63) is 41.0 Å². The number of fused-ring (bicyclic) bond motifs is 3. The zero-order valence-electron chi connectivity index (χ0n) is 11.5. The van der Waals surface area contributed by atoms with Crippen molar-refractivity contribution in [3.63, 3.8) is 0 Å². The number of thiophene rings is 1. The van der Waals surface area contributed by atoms with Crippen molar-refractivity contribution in [2.45, 2.75) is 19.3 Å². The van der Waals surface area contributed by atoms with E-state index in [1.165, 1.54) is 16.9 Å². The Labute approximate surface area is 126 Å². The first-order chi connectivity index (χ1) is 9.99. The number of hydrogen-bond donors (Lipinski definition) is 3. The van der Waals surface area contributed by atoms with Crippen molar-refractivity contribution in [1.82, 2.24) is 0 Å². The van der Waals surface area contributed by atoms with Crippen LogP contribution in [0.2, 0.25) is 0 Å². The number of amides is 3. The van der Waals surface area contributed by atoms with Crippen LogP contribution in [0.1, 0.15) is 34.3 Å². The molecule has 1 atom stereocenters. The van der Waals surface area contributed by atoms with Crippen LogP contribution in [-0.2, 0) is 6.42 Å². The van der Waals surface area contributed by atoms with Gasteiger partial charge in [0.05, 0.1) is 5.56 Å². The molecule has 1 aromatic carbocycles. The van der Waals surface area contributed by atoms with Gasteiger partial charge in [-0.05, 0) is 29.0 Å². The second-order valence-electron chi connectivity index (χ2n) is 5.16. The topological polar surface area (TPSA) is 98.2 Å². The molecular formula is C15H15N3O2S. The highest BCUT2D eigenvalue weighted by molar-refractivity contribution is 7.20. The lowest BCUT2D eigenvalue weighted by atomic mass is 9.82. The molecule has 3 amide bonds. The number of hydrogen-bond acceptors (Lipinski definition) is 3. The summed E-state index contributed by atoms with van der Waals surface area (Å²) in [6.07, 6.45) is 0.843. The zero-order chi connectivity index (χ0) is 15.1. The number of rotatable bonds is 2. The zero-order valence-corrected chi connectivity index (χ0v) is 12.3. The molecule has 0 fully saturated rings. The van der Waals surface area contributed by atoms with Crippen LogP contribution in [0.25, 0.3) is 10.4 Å². The van der Waals surface area contributed by atoms with Gasteiger partial charge in [-0.15, -0.1) is 11.3 Å². The molecule has 1 aliphatic rings. The van der Waals surface area contributed by atoms with Gasteiger partial charge in [0.1, 0.15) is 5.00 Å². The maximum absolute atomic E-state index is 11.8. The average molecular weight is 301 g/mol. The lowest BCUT2D eigenvalue weighted by Gasteiger charge is -2.22. The molecule has 2 aromatic rings. The van der Waals surface area contributed by atoms with E-state index in [1.807, 2.05) is 18.2 Å². The van der Waals surface area contributed by atoms with Gasteiger partial charge in [-0.2, -0.15) is 0 Å². The van der Waals surface area contributed by atoms with E-state index in [-0.39, 0.29) is 5.92 Å². The van der Waals surface area contributed by atoms with Gasteiger partial charge in [-0.3, -0.25) is 10.1 Å². The molecule has 21 heavy (non-hydrogen) atoms. The molecule has 1 aliphatic carbocycles. The molecule has 0 spiro atoms. The molecule has 0 saturated heterocycles. The van der Waals surface area contributed by atoms with E-state index in [4.69, 9.17) is 11.5 Å². The van der Waals surface area contributed by atoms with Crippen molar-refractivity contribution >= 4 is 28.3 Å². The van der Waals surface area contributed by atoms with Gasteiger partial charge in [-0.25, -0.2) is 4.79 Å². The number of benzene rings is 1. The number of nitrogens with two attached hydrogens (primary N) is 2. The average Bonchev–Trinajstić information content (AvgIpc) is 2.78. The van der Waals surface area contributed by atoms with Crippen LogP contribution < -0.4 is 16.8 Å². The predicted octanol–water partition coefficient (Wildman–Crippen LogP) is 2.66. The molecule has 1 aromatic heterocycles. The van der Waals surface area contributed by atoms with Crippen LogP contribution in [0.5, 0.6) is 0 Å². The number of primary amides is 2. The normalized spacial score (nSPS) is 16.0. The van der Waals surface area contributed by atoms with E-state index in [0.29, 0.717) is 10.6 Å². The molecule has 6 heteroatoms. The van der Waals surface area contributed by atoms with E-state index >= 15 is 0 Å². The van der Waals surface area contributed by atoms with Crippen molar-refractivity contribution in [2.75, 3.05) is 5.32 Å². The molecule has 0 aliphatic heterocycles. The van der Waals surface area contributed by atoms with Crippen LogP contribution >= 0.6 is 11.3 Å².